The number of carbonyl (C=O) groups excluding carboxylic acids is 2. The van der Waals surface area contributed by atoms with Crippen LogP contribution in [0.25, 0.3) is 0 Å². The van der Waals surface area contributed by atoms with Crippen molar-refractivity contribution < 1.29 is 14.3 Å². The lowest BCUT2D eigenvalue weighted by Gasteiger charge is -2.32. The molecule has 3 rings (SSSR count). The summed E-state index contributed by atoms with van der Waals surface area (Å²) in [5, 5.41) is 3.65. The van der Waals surface area contributed by atoms with Gasteiger partial charge in [-0.1, -0.05) is 35.9 Å². The van der Waals surface area contributed by atoms with Crippen LogP contribution in [0.1, 0.15) is 47.2 Å². The Balaban J connectivity index is 1.36. The first-order chi connectivity index (χ1) is 14.4. The summed E-state index contributed by atoms with van der Waals surface area (Å²) < 4.78 is 5.87. The fraction of sp³-hybridized carbons (Fsp3) is 0.417. The van der Waals surface area contributed by atoms with Gasteiger partial charge in [0, 0.05) is 36.1 Å². The Bertz CT molecular complexity index is 872. The molecule has 0 aromatic heterocycles. The number of amides is 2. The van der Waals surface area contributed by atoms with E-state index in [-0.39, 0.29) is 17.9 Å². The second-order valence-corrected chi connectivity index (χ2v) is 8.25. The Morgan fingerprint density at radius 3 is 2.43 bits per heavy atom. The highest BCUT2D eigenvalue weighted by atomic mass is 35.5. The second kappa shape index (κ2) is 10.5. The zero-order chi connectivity index (χ0) is 21.5. The fourth-order valence-corrected chi connectivity index (χ4v) is 3.95. The molecule has 1 N–H and O–H groups in total. The highest BCUT2D eigenvalue weighted by Gasteiger charge is 2.24. The molecule has 0 saturated carbocycles. The van der Waals surface area contributed by atoms with E-state index in [1.165, 1.54) is 0 Å². The van der Waals surface area contributed by atoms with Crippen molar-refractivity contribution >= 4 is 23.4 Å². The number of nitrogens with one attached hydrogen (secondary N) is 1. The van der Waals surface area contributed by atoms with Crippen molar-refractivity contribution in [3.05, 3.63) is 64.2 Å². The molecule has 1 saturated heterocycles. The van der Waals surface area contributed by atoms with Crippen molar-refractivity contribution in [2.75, 3.05) is 19.7 Å². The summed E-state index contributed by atoms with van der Waals surface area (Å²) in [7, 11) is 0. The number of halogens is 1. The fourth-order valence-electron chi connectivity index (χ4n) is 3.76. The van der Waals surface area contributed by atoms with Gasteiger partial charge in [-0.2, -0.15) is 0 Å². The summed E-state index contributed by atoms with van der Waals surface area (Å²) in [5.41, 5.74) is 2.82. The third-order valence-corrected chi connectivity index (χ3v) is 5.66. The van der Waals surface area contributed by atoms with Gasteiger partial charge in [0.15, 0.2) is 0 Å². The van der Waals surface area contributed by atoms with E-state index >= 15 is 0 Å². The first kappa shape index (κ1) is 22.2. The average molecular weight is 429 g/mol. The molecule has 2 amide bonds. The van der Waals surface area contributed by atoms with Gasteiger partial charge < -0.3 is 15.0 Å². The highest BCUT2D eigenvalue weighted by molar-refractivity contribution is 6.30. The van der Waals surface area contributed by atoms with E-state index in [4.69, 9.17) is 16.3 Å². The van der Waals surface area contributed by atoms with E-state index in [0.717, 1.165) is 29.7 Å². The summed E-state index contributed by atoms with van der Waals surface area (Å²) in [6.07, 6.45) is 2.63. The largest absolute Gasteiger partial charge is 0.493 e. The van der Waals surface area contributed by atoms with Gasteiger partial charge in [0.05, 0.1) is 6.61 Å². The molecule has 0 unspecified atom stereocenters. The van der Waals surface area contributed by atoms with Crippen molar-refractivity contribution in [3.63, 3.8) is 0 Å². The van der Waals surface area contributed by atoms with Crippen LogP contribution in [0.4, 0.5) is 0 Å². The first-order valence-electron chi connectivity index (χ1n) is 10.5. The van der Waals surface area contributed by atoms with Gasteiger partial charge in [-0.3, -0.25) is 9.59 Å². The van der Waals surface area contributed by atoms with Crippen molar-refractivity contribution in [1.82, 2.24) is 10.2 Å². The van der Waals surface area contributed by atoms with E-state index in [0.29, 0.717) is 43.1 Å². The minimum atomic E-state index is -0.00840. The normalized spacial score (nSPS) is 14.4. The highest BCUT2D eigenvalue weighted by Crippen LogP contribution is 2.22. The van der Waals surface area contributed by atoms with Gasteiger partial charge in [-0.25, -0.2) is 0 Å². The standard InChI is InChI=1S/C24H29ClN2O3/c1-17-6-3-7-18(2)23(17)30-15-5-10-22(28)26-21-11-13-27(14-12-21)24(29)19-8-4-9-20(25)16-19/h3-4,6-9,16,21H,5,10-15H2,1-2H3,(H,26,28). The third kappa shape index (κ3) is 5.99. The Morgan fingerprint density at radius 1 is 1.10 bits per heavy atom. The molecule has 1 fully saturated rings. The number of piperidine rings is 1. The summed E-state index contributed by atoms with van der Waals surface area (Å²) in [4.78, 5) is 26.7. The molecule has 160 valence electrons. The summed E-state index contributed by atoms with van der Waals surface area (Å²) >= 11 is 5.98. The lowest BCUT2D eigenvalue weighted by atomic mass is 10.0. The molecule has 2 aromatic rings. The first-order valence-corrected chi connectivity index (χ1v) is 10.8. The number of likely N-dealkylation sites (tertiary alicyclic amines) is 1. The molecule has 1 aliphatic heterocycles. The van der Waals surface area contributed by atoms with Gasteiger partial charge in [-0.15, -0.1) is 0 Å². The number of para-hydroxylation sites is 1. The van der Waals surface area contributed by atoms with E-state index < -0.39 is 0 Å². The molecule has 2 aromatic carbocycles. The van der Waals surface area contributed by atoms with E-state index in [9.17, 15) is 9.59 Å². The molecule has 0 spiro atoms. The van der Waals surface area contributed by atoms with E-state index in [2.05, 4.69) is 5.32 Å². The van der Waals surface area contributed by atoms with Gasteiger partial charge in [-0.05, 0) is 62.4 Å². The zero-order valence-electron chi connectivity index (χ0n) is 17.6. The average Bonchev–Trinajstić information content (AvgIpc) is 2.73. The molecule has 0 aliphatic carbocycles. The molecule has 6 heteroatoms. The predicted molar refractivity (Wildman–Crippen MR) is 119 cm³/mol. The van der Waals surface area contributed by atoms with Gasteiger partial charge in [0.25, 0.3) is 5.91 Å². The van der Waals surface area contributed by atoms with Crippen molar-refractivity contribution in [2.24, 2.45) is 0 Å². The minimum absolute atomic E-state index is 0.00840. The second-order valence-electron chi connectivity index (χ2n) is 7.82. The topological polar surface area (TPSA) is 58.6 Å². The number of benzene rings is 2. The van der Waals surface area contributed by atoms with Crippen molar-refractivity contribution in [2.45, 2.75) is 45.6 Å². The lowest BCUT2D eigenvalue weighted by Crippen LogP contribution is -2.46. The van der Waals surface area contributed by atoms with Crippen LogP contribution in [-0.4, -0.2) is 42.5 Å². The number of aryl methyl sites for hydroxylation is 2. The predicted octanol–water partition coefficient (Wildman–Crippen LogP) is 4.54. The van der Waals surface area contributed by atoms with Gasteiger partial charge in [0.2, 0.25) is 5.91 Å². The number of nitrogens with zero attached hydrogens (tertiary/aromatic N) is 1. The molecule has 0 radical (unpaired) electrons. The number of rotatable bonds is 7. The molecule has 30 heavy (non-hydrogen) atoms. The smallest absolute Gasteiger partial charge is 0.253 e. The van der Waals surface area contributed by atoms with Crippen molar-refractivity contribution in [3.8, 4) is 5.75 Å². The molecule has 0 bridgehead atoms. The Labute approximate surface area is 183 Å². The number of carbonyl (C=O) groups is 2. The summed E-state index contributed by atoms with van der Waals surface area (Å²) in [6, 6.07) is 13.2. The third-order valence-electron chi connectivity index (χ3n) is 5.42. The number of hydrogen-bond donors (Lipinski definition) is 1. The summed E-state index contributed by atoms with van der Waals surface area (Å²) in [5.74, 6) is 0.945. The van der Waals surface area contributed by atoms with Crippen LogP contribution in [0.2, 0.25) is 5.02 Å². The van der Waals surface area contributed by atoms with Crippen LogP contribution in [0, 0.1) is 13.8 Å². The van der Waals surface area contributed by atoms with Crippen LogP contribution in [0.3, 0.4) is 0 Å². The maximum Gasteiger partial charge on any atom is 0.253 e. The van der Waals surface area contributed by atoms with Gasteiger partial charge in [0.1, 0.15) is 5.75 Å². The Morgan fingerprint density at radius 2 is 1.77 bits per heavy atom. The molecule has 1 heterocycles. The van der Waals surface area contributed by atoms with E-state index in [1.807, 2.05) is 36.9 Å². The summed E-state index contributed by atoms with van der Waals surface area (Å²) in [6.45, 7) is 5.83. The monoisotopic (exact) mass is 428 g/mol. The van der Waals surface area contributed by atoms with Crippen LogP contribution in [0.15, 0.2) is 42.5 Å². The zero-order valence-corrected chi connectivity index (χ0v) is 18.4. The molecular weight excluding hydrogens is 400 g/mol. The van der Waals surface area contributed by atoms with Crippen molar-refractivity contribution in [1.29, 1.82) is 0 Å². The minimum Gasteiger partial charge on any atom is -0.493 e. The maximum absolute atomic E-state index is 12.6. The molecular formula is C24H29ClN2O3. The maximum atomic E-state index is 12.6. The quantitative estimate of drug-likeness (QED) is 0.659. The number of hydrogen-bond acceptors (Lipinski definition) is 3. The molecule has 1 aliphatic rings. The molecule has 5 nitrogen and oxygen atoms in total. The van der Waals surface area contributed by atoms with Crippen LogP contribution in [-0.2, 0) is 4.79 Å². The van der Waals surface area contributed by atoms with Crippen LogP contribution in [0.5, 0.6) is 5.75 Å². The number of ether oxygens (including phenoxy) is 1. The lowest BCUT2D eigenvalue weighted by molar-refractivity contribution is -0.122. The van der Waals surface area contributed by atoms with Crippen LogP contribution >= 0.6 is 11.6 Å². The Kier molecular flexibility index (Phi) is 7.75. The van der Waals surface area contributed by atoms with Crippen LogP contribution < -0.4 is 10.1 Å². The Hall–Kier alpha value is -2.53. The van der Waals surface area contributed by atoms with E-state index in [1.54, 1.807) is 24.3 Å². The molecule has 0 atom stereocenters. The van der Waals surface area contributed by atoms with Gasteiger partial charge >= 0.3 is 0 Å². The SMILES string of the molecule is Cc1cccc(C)c1OCCCC(=O)NC1CCN(C(=O)c2cccc(Cl)c2)CC1.